The first-order valence-electron chi connectivity index (χ1n) is 10.1. The second-order valence-electron chi connectivity index (χ2n) is 7.05. The molecule has 5 heteroatoms. The predicted octanol–water partition coefficient (Wildman–Crippen LogP) is 6.21. The zero-order valence-electron chi connectivity index (χ0n) is 17.2. The maximum absolute atomic E-state index is 8.71. The van der Waals surface area contributed by atoms with Crippen LogP contribution in [0.15, 0.2) is 109 Å². The molecule has 5 aromatic rings. The summed E-state index contributed by atoms with van der Waals surface area (Å²) in [6.45, 7) is 0. The number of benzene rings is 4. The molecule has 0 radical (unpaired) electrons. The minimum atomic E-state index is -0.475. The summed E-state index contributed by atoms with van der Waals surface area (Å²) in [5.41, 5.74) is 5.38. The summed E-state index contributed by atoms with van der Waals surface area (Å²) >= 11 is 0. The highest BCUT2D eigenvalue weighted by atomic mass is 16.3. The topological polar surface area (TPSA) is 89.4 Å². The molecular weight excluding hydrogens is 400 g/mol. The van der Waals surface area contributed by atoms with Crippen molar-refractivity contribution in [2.24, 2.45) is 0 Å². The van der Waals surface area contributed by atoms with Gasteiger partial charge in [-0.2, -0.15) is 0 Å². The number of para-hydroxylation sites is 1. The van der Waals surface area contributed by atoms with Crippen LogP contribution in [0.2, 0.25) is 0 Å². The quantitative estimate of drug-likeness (QED) is 0.260. The zero-order chi connectivity index (χ0) is 22.3. The number of phenolic OH excluding ortho intramolecular Hbond substituents is 3. The van der Waals surface area contributed by atoms with Gasteiger partial charge in [-0.1, -0.05) is 97.1 Å². The number of hydrogen-bond acceptors (Lipinski definition) is 4. The molecular formula is C27H22N2O3. The number of H-pyrrole nitrogens is 1. The van der Waals surface area contributed by atoms with Crippen LogP contribution >= 0.6 is 0 Å². The van der Waals surface area contributed by atoms with E-state index in [1.54, 1.807) is 0 Å². The van der Waals surface area contributed by atoms with Gasteiger partial charge in [-0.05, 0) is 12.1 Å². The Hall–Kier alpha value is -4.51. The van der Waals surface area contributed by atoms with Crippen LogP contribution in [-0.2, 0) is 0 Å². The number of nitrogens with zero attached hydrogens (tertiary/aromatic N) is 1. The maximum atomic E-state index is 8.71. The first-order chi connectivity index (χ1) is 15.6. The molecule has 0 amide bonds. The largest absolute Gasteiger partial charge is 0.504 e. The van der Waals surface area contributed by atoms with Crippen LogP contribution in [-0.4, -0.2) is 25.3 Å². The first kappa shape index (κ1) is 20.8. The van der Waals surface area contributed by atoms with Gasteiger partial charge < -0.3 is 20.3 Å². The van der Waals surface area contributed by atoms with Crippen LogP contribution in [0.25, 0.3) is 33.9 Å². The Labute approximate surface area is 185 Å². The summed E-state index contributed by atoms with van der Waals surface area (Å²) in [7, 11) is 0. The Balaban J connectivity index is 0.000000230. The molecule has 0 saturated carbocycles. The Morgan fingerprint density at radius 2 is 0.969 bits per heavy atom. The van der Waals surface area contributed by atoms with E-state index in [0.717, 1.165) is 33.9 Å². The molecule has 0 saturated heterocycles. The molecule has 5 rings (SSSR count). The van der Waals surface area contributed by atoms with Crippen molar-refractivity contribution in [3.8, 4) is 51.2 Å². The summed E-state index contributed by atoms with van der Waals surface area (Å²) < 4.78 is 0. The summed E-state index contributed by atoms with van der Waals surface area (Å²) in [4.78, 5) is 8.37. The van der Waals surface area contributed by atoms with E-state index in [-0.39, 0.29) is 11.5 Å². The van der Waals surface area contributed by atoms with E-state index >= 15 is 0 Å². The molecule has 0 spiro atoms. The fraction of sp³-hybridized carbons (Fsp3) is 0. The number of rotatable bonds is 3. The van der Waals surface area contributed by atoms with E-state index in [2.05, 4.69) is 41.4 Å². The molecule has 4 N–H and O–H groups in total. The lowest BCUT2D eigenvalue weighted by Gasteiger charge is -2.02. The fourth-order valence-electron chi connectivity index (χ4n) is 3.24. The fourth-order valence-corrected chi connectivity index (χ4v) is 3.24. The highest BCUT2D eigenvalue weighted by molar-refractivity contribution is 5.81. The Morgan fingerprint density at radius 3 is 1.47 bits per heavy atom. The van der Waals surface area contributed by atoms with Gasteiger partial charge in [0.2, 0.25) is 0 Å². The van der Waals surface area contributed by atoms with E-state index < -0.39 is 5.75 Å². The van der Waals surface area contributed by atoms with E-state index in [1.807, 2.05) is 54.6 Å². The molecule has 32 heavy (non-hydrogen) atoms. The van der Waals surface area contributed by atoms with Gasteiger partial charge in [-0.15, -0.1) is 0 Å². The SMILES string of the molecule is Oc1cccc(O)c1O.c1ccc(-c2nc(-c3ccccc3)c(-c3ccccc3)[nH]2)cc1. The van der Waals surface area contributed by atoms with Crippen LogP contribution in [0.5, 0.6) is 17.2 Å². The Bertz CT molecular complexity index is 1210. The molecule has 0 unspecified atom stereocenters. The van der Waals surface area contributed by atoms with Crippen LogP contribution in [0.1, 0.15) is 0 Å². The van der Waals surface area contributed by atoms with E-state index in [4.69, 9.17) is 20.3 Å². The van der Waals surface area contributed by atoms with Crippen molar-refractivity contribution in [1.82, 2.24) is 9.97 Å². The highest BCUT2D eigenvalue weighted by Gasteiger charge is 2.14. The smallest absolute Gasteiger partial charge is 0.200 e. The van der Waals surface area contributed by atoms with Crippen LogP contribution in [0.3, 0.4) is 0 Å². The van der Waals surface area contributed by atoms with Crippen molar-refractivity contribution in [2.75, 3.05) is 0 Å². The Kier molecular flexibility index (Phi) is 6.18. The van der Waals surface area contributed by atoms with E-state index in [9.17, 15) is 0 Å². The lowest BCUT2D eigenvalue weighted by Crippen LogP contribution is -1.82. The highest BCUT2D eigenvalue weighted by Crippen LogP contribution is 2.33. The molecule has 0 aliphatic rings. The van der Waals surface area contributed by atoms with Crippen molar-refractivity contribution < 1.29 is 15.3 Å². The van der Waals surface area contributed by atoms with Gasteiger partial charge in [0.25, 0.3) is 0 Å². The molecule has 0 atom stereocenters. The zero-order valence-corrected chi connectivity index (χ0v) is 17.2. The van der Waals surface area contributed by atoms with Crippen molar-refractivity contribution in [3.63, 3.8) is 0 Å². The average Bonchev–Trinajstić information content (AvgIpc) is 3.30. The number of aromatic nitrogens is 2. The normalized spacial score (nSPS) is 10.2. The molecule has 1 aromatic heterocycles. The van der Waals surface area contributed by atoms with Gasteiger partial charge in [0.1, 0.15) is 5.82 Å². The monoisotopic (exact) mass is 422 g/mol. The third kappa shape index (κ3) is 4.63. The third-order valence-electron chi connectivity index (χ3n) is 4.85. The number of aromatic hydroxyl groups is 3. The number of aromatic amines is 1. The van der Waals surface area contributed by atoms with Crippen LogP contribution in [0, 0.1) is 0 Å². The van der Waals surface area contributed by atoms with Crippen molar-refractivity contribution in [1.29, 1.82) is 0 Å². The number of nitrogens with one attached hydrogen (secondary N) is 1. The van der Waals surface area contributed by atoms with Gasteiger partial charge in [-0.3, -0.25) is 0 Å². The van der Waals surface area contributed by atoms with Gasteiger partial charge in [0.15, 0.2) is 17.2 Å². The van der Waals surface area contributed by atoms with Gasteiger partial charge in [0.05, 0.1) is 11.4 Å². The standard InChI is InChI=1S/C21H16N2.C6H6O3/c1-4-10-16(11-5-1)19-20(17-12-6-2-7-13-17)23-21(22-19)18-14-8-3-9-15-18;7-4-2-1-3-5(8)6(4)9/h1-15H,(H,22,23);1-3,7-9H. The van der Waals surface area contributed by atoms with Crippen molar-refractivity contribution in [3.05, 3.63) is 109 Å². The summed E-state index contributed by atoms with van der Waals surface area (Å²) in [6.07, 6.45) is 0. The molecule has 0 fully saturated rings. The molecule has 158 valence electrons. The number of imidazole rings is 1. The molecule has 5 nitrogen and oxygen atoms in total. The average molecular weight is 422 g/mol. The van der Waals surface area contributed by atoms with Gasteiger partial charge in [-0.25, -0.2) is 4.98 Å². The van der Waals surface area contributed by atoms with Crippen LogP contribution < -0.4 is 0 Å². The Morgan fingerprint density at radius 1 is 0.500 bits per heavy atom. The molecule has 4 aromatic carbocycles. The second-order valence-corrected chi connectivity index (χ2v) is 7.05. The van der Waals surface area contributed by atoms with E-state index in [1.165, 1.54) is 18.2 Å². The predicted molar refractivity (Wildman–Crippen MR) is 126 cm³/mol. The number of phenols is 3. The van der Waals surface area contributed by atoms with Gasteiger partial charge in [0, 0.05) is 16.7 Å². The summed E-state index contributed by atoms with van der Waals surface area (Å²) in [5.74, 6) is -0.203. The first-order valence-corrected chi connectivity index (χ1v) is 10.1. The minimum Gasteiger partial charge on any atom is -0.504 e. The summed E-state index contributed by atoms with van der Waals surface area (Å²) in [5, 5.41) is 26.1. The van der Waals surface area contributed by atoms with E-state index in [0.29, 0.717) is 0 Å². The number of hydrogen-bond donors (Lipinski definition) is 4. The lowest BCUT2D eigenvalue weighted by atomic mass is 10.1. The molecule has 0 aliphatic carbocycles. The molecule has 0 bridgehead atoms. The maximum Gasteiger partial charge on any atom is 0.200 e. The minimum absolute atomic E-state index is 0.310. The van der Waals surface area contributed by atoms with Crippen molar-refractivity contribution >= 4 is 0 Å². The van der Waals surface area contributed by atoms with Crippen LogP contribution in [0.4, 0.5) is 0 Å². The summed E-state index contributed by atoms with van der Waals surface area (Å²) in [6, 6.07) is 34.9. The molecule has 0 aliphatic heterocycles. The second kappa shape index (κ2) is 9.53. The van der Waals surface area contributed by atoms with Gasteiger partial charge >= 0.3 is 0 Å². The van der Waals surface area contributed by atoms with Crippen molar-refractivity contribution in [2.45, 2.75) is 0 Å². The third-order valence-corrected chi connectivity index (χ3v) is 4.85. The lowest BCUT2D eigenvalue weighted by molar-refractivity contribution is 0.368. The molecule has 1 heterocycles.